The van der Waals surface area contributed by atoms with Gasteiger partial charge >= 0.3 is 11.9 Å². The van der Waals surface area contributed by atoms with E-state index in [9.17, 15) is 9.59 Å². The molecule has 0 aromatic rings. The third kappa shape index (κ3) is 49.7. The summed E-state index contributed by atoms with van der Waals surface area (Å²) in [5, 5.41) is 0. The summed E-state index contributed by atoms with van der Waals surface area (Å²) in [5.74, 6) is -0.436. The Bertz CT molecular complexity index is 1160. The molecule has 0 aliphatic rings. The molecule has 0 fully saturated rings. The van der Waals surface area contributed by atoms with Crippen LogP contribution in [0.2, 0.25) is 0 Å². The zero-order chi connectivity index (χ0) is 44.9. The topological polar surface area (TPSA) is 61.8 Å². The number of hydrogen-bond donors (Lipinski definition) is 0. The molecule has 5 nitrogen and oxygen atoms in total. The maximum absolute atomic E-state index is 12.7. The molecule has 356 valence electrons. The van der Waals surface area contributed by atoms with E-state index in [1.165, 1.54) is 122 Å². The molecule has 0 amide bonds. The maximum Gasteiger partial charge on any atom is 0.306 e. The Balaban J connectivity index is 4.20. The molecule has 0 rings (SSSR count). The van der Waals surface area contributed by atoms with Gasteiger partial charge in [0, 0.05) is 19.4 Å². The molecule has 1 unspecified atom stereocenters. The minimum absolute atomic E-state index is 0.0592. The van der Waals surface area contributed by atoms with Gasteiger partial charge in [0.05, 0.1) is 6.61 Å². The molecule has 0 aromatic carbocycles. The van der Waals surface area contributed by atoms with Crippen molar-refractivity contribution in [1.29, 1.82) is 0 Å². The molecule has 0 aliphatic carbocycles. The lowest BCUT2D eigenvalue weighted by Crippen LogP contribution is -2.30. The fourth-order valence-corrected chi connectivity index (χ4v) is 7.05. The van der Waals surface area contributed by atoms with E-state index in [1.54, 1.807) is 0 Å². The van der Waals surface area contributed by atoms with Crippen molar-refractivity contribution in [2.45, 2.75) is 245 Å². The van der Waals surface area contributed by atoms with Gasteiger partial charge in [0.1, 0.15) is 6.61 Å². The van der Waals surface area contributed by atoms with Crippen LogP contribution in [0.1, 0.15) is 239 Å². The Morgan fingerprint density at radius 3 is 1.18 bits per heavy atom. The number of carbonyl (C=O) groups excluding carboxylic acids is 2. The number of carbonyl (C=O) groups is 2. The molecule has 0 aliphatic heterocycles. The van der Waals surface area contributed by atoms with Gasteiger partial charge in [-0.15, -0.1) is 0 Å². The van der Waals surface area contributed by atoms with Gasteiger partial charge in [0.2, 0.25) is 0 Å². The molecular weight excluding hydrogens is 765 g/mol. The summed E-state index contributed by atoms with van der Waals surface area (Å²) in [6.45, 7) is 7.54. The van der Waals surface area contributed by atoms with E-state index >= 15 is 0 Å². The second-order valence-corrected chi connectivity index (χ2v) is 17.0. The smallest absolute Gasteiger partial charge is 0.306 e. The highest BCUT2D eigenvalue weighted by molar-refractivity contribution is 5.70. The summed E-state index contributed by atoms with van der Waals surface area (Å²) in [7, 11) is 0. The Kier molecular flexibility index (Phi) is 50.0. The molecule has 0 saturated carbocycles. The lowest BCUT2D eigenvalue weighted by Gasteiger charge is -2.18. The third-order valence-corrected chi connectivity index (χ3v) is 10.9. The number of unbranched alkanes of at least 4 members (excludes halogenated alkanes) is 22. The number of rotatable bonds is 47. The van der Waals surface area contributed by atoms with Crippen molar-refractivity contribution in [1.82, 2.24) is 0 Å². The van der Waals surface area contributed by atoms with Crippen LogP contribution in [0.3, 0.4) is 0 Å². The van der Waals surface area contributed by atoms with Crippen LogP contribution in [0, 0.1) is 0 Å². The standard InChI is InChI=1S/C57H98O5/c1-4-7-10-13-16-18-20-22-24-26-28-30-32-34-36-38-40-43-46-49-52-60-53-55(62-57(59)51-48-45-41-15-12-9-6-3)54-61-56(58)50-47-44-42-39-37-35-33-31-29-27-25-23-21-19-17-14-11-8-5-2/h7,10,16,18,22-25,28,30,34,36,40,43,55H,4-6,8-9,11-15,17,19-21,26-27,29,31-33,35,37-39,41-42,44-54H2,1-3H3/b10-7-,18-16-,24-22-,25-23-,30-28-,36-34-,43-40-. The molecular formula is C57H98O5. The summed E-state index contributed by atoms with van der Waals surface area (Å²) in [4.78, 5) is 25.2. The van der Waals surface area contributed by atoms with Gasteiger partial charge in [0.25, 0.3) is 0 Å². The minimum Gasteiger partial charge on any atom is -0.462 e. The SMILES string of the molecule is CC/C=C\C/C=C\C/C=C\C/C=C\C/C=C\C/C=C\CCCOCC(COC(=O)CCCCCCCCCCC/C=C\CCCCCCCC)OC(=O)CCCCCCCCC. The van der Waals surface area contributed by atoms with E-state index in [0.29, 0.717) is 19.4 Å². The summed E-state index contributed by atoms with van der Waals surface area (Å²) in [6, 6.07) is 0. The molecule has 0 bridgehead atoms. The van der Waals surface area contributed by atoms with Crippen molar-refractivity contribution in [3.63, 3.8) is 0 Å². The van der Waals surface area contributed by atoms with Gasteiger partial charge in [-0.3, -0.25) is 9.59 Å². The molecule has 0 radical (unpaired) electrons. The molecule has 0 heterocycles. The summed E-state index contributed by atoms with van der Waals surface area (Å²) >= 11 is 0. The first-order valence-corrected chi connectivity index (χ1v) is 26.1. The summed E-state index contributed by atoms with van der Waals surface area (Å²) < 4.78 is 17.3. The van der Waals surface area contributed by atoms with Crippen LogP contribution in [0.25, 0.3) is 0 Å². The zero-order valence-corrected chi connectivity index (χ0v) is 40.9. The van der Waals surface area contributed by atoms with Crippen molar-refractivity contribution in [3.05, 3.63) is 85.1 Å². The molecule has 0 aromatic heterocycles. The second-order valence-electron chi connectivity index (χ2n) is 17.0. The first-order valence-electron chi connectivity index (χ1n) is 26.1. The second kappa shape index (κ2) is 52.4. The molecule has 0 spiro atoms. The van der Waals surface area contributed by atoms with E-state index < -0.39 is 6.10 Å². The monoisotopic (exact) mass is 863 g/mol. The van der Waals surface area contributed by atoms with Gasteiger partial charge in [-0.1, -0.05) is 221 Å². The van der Waals surface area contributed by atoms with Crippen molar-refractivity contribution in [2.75, 3.05) is 19.8 Å². The Labute approximate surface area is 384 Å². The average Bonchev–Trinajstić information content (AvgIpc) is 3.27. The van der Waals surface area contributed by atoms with E-state index in [2.05, 4.69) is 106 Å². The normalized spacial score (nSPS) is 12.9. The van der Waals surface area contributed by atoms with Crippen molar-refractivity contribution < 1.29 is 23.8 Å². The highest BCUT2D eigenvalue weighted by atomic mass is 16.6. The van der Waals surface area contributed by atoms with Gasteiger partial charge in [-0.05, 0) is 89.9 Å². The Morgan fingerprint density at radius 1 is 0.371 bits per heavy atom. The van der Waals surface area contributed by atoms with Crippen LogP contribution in [0.4, 0.5) is 0 Å². The summed E-state index contributed by atoms with van der Waals surface area (Å²) in [5.41, 5.74) is 0. The first-order chi connectivity index (χ1) is 30.6. The third-order valence-electron chi connectivity index (χ3n) is 10.9. The highest BCUT2D eigenvalue weighted by Gasteiger charge is 2.17. The van der Waals surface area contributed by atoms with Crippen LogP contribution in [-0.4, -0.2) is 37.9 Å². The molecule has 0 saturated heterocycles. The van der Waals surface area contributed by atoms with Crippen molar-refractivity contribution >= 4 is 11.9 Å². The predicted octanol–water partition coefficient (Wildman–Crippen LogP) is 17.7. The van der Waals surface area contributed by atoms with Crippen LogP contribution in [0.15, 0.2) is 85.1 Å². The highest BCUT2D eigenvalue weighted by Crippen LogP contribution is 2.14. The van der Waals surface area contributed by atoms with Gasteiger partial charge in [0.15, 0.2) is 6.10 Å². The van der Waals surface area contributed by atoms with Gasteiger partial charge in [-0.25, -0.2) is 0 Å². The zero-order valence-electron chi connectivity index (χ0n) is 40.9. The lowest BCUT2D eigenvalue weighted by molar-refractivity contribution is -0.163. The summed E-state index contributed by atoms with van der Waals surface area (Å²) in [6.07, 6.45) is 69.1. The quantitative estimate of drug-likeness (QED) is 0.0346. The Morgan fingerprint density at radius 2 is 0.726 bits per heavy atom. The van der Waals surface area contributed by atoms with Crippen LogP contribution in [-0.2, 0) is 23.8 Å². The average molecular weight is 863 g/mol. The van der Waals surface area contributed by atoms with Gasteiger partial charge < -0.3 is 14.2 Å². The number of esters is 2. The molecule has 0 N–H and O–H groups in total. The maximum atomic E-state index is 12.7. The van der Waals surface area contributed by atoms with Crippen LogP contribution < -0.4 is 0 Å². The number of ether oxygens (including phenoxy) is 3. The fourth-order valence-electron chi connectivity index (χ4n) is 7.05. The van der Waals surface area contributed by atoms with Crippen molar-refractivity contribution in [3.8, 4) is 0 Å². The van der Waals surface area contributed by atoms with E-state index in [1.807, 2.05) is 0 Å². The van der Waals surface area contributed by atoms with E-state index in [-0.39, 0.29) is 25.2 Å². The van der Waals surface area contributed by atoms with Gasteiger partial charge in [-0.2, -0.15) is 0 Å². The first kappa shape index (κ1) is 59.1. The fraction of sp³-hybridized carbons (Fsp3) is 0.719. The predicted molar refractivity (Wildman–Crippen MR) is 270 cm³/mol. The molecule has 62 heavy (non-hydrogen) atoms. The minimum atomic E-state index is -0.567. The van der Waals surface area contributed by atoms with Crippen molar-refractivity contribution in [2.24, 2.45) is 0 Å². The number of allylic oxidation sites excluding steroid dienone is 14. The lowest BCUT2D eigenvalue weighted by atomic mass is 10.1. The Hall–Kier alpha value is -2.92. The molecule has 1 atom stereocenters. The van der Waals surface area contributed by atoms with E-state index in [0.717, 1.165) is 83.5 Å². The largest absolute Gasteiger partial charge is 0.462 e. The van der Waals surface area contributed by atoms with E-state index in [4.69, 9.17) is 14.2 Å². The number of hydrogen-bond acceptors (Lipinski definition) is 5. The molecule has 5 heteroatoms. The van der Waals surface area contributed by atoms with Crippen LogP contribution in [0.5, 0.6) is 0 Å². The van der Waals surface area contributed by atoms with Crippen LogP contribution >= 0.6 is 0 Å².